The number of rotatable bonds is 7. The minimum Gasteiger partial charge on any atom is -0.496 e. The van der Waals surface area contributed by atoms with E-state index in [9.17, 15) is 31.5 Å². The Morgan fingerprint density at radius 1 is 0.944 bits per heavy atom. The van der Waals surface area contributed by atoms with Crippen molar-refractivity contribution in [2.75, 3.05) is 19.5 Å². The number of carbonyl (C=O) groups is 2. The topological polar surface area (TPSA) is 113 Å². The Kier molecular flexibility index (Phi) is 7.27. The van der Waals surface area contributed by atoms with E-state index < -0.39 is 69.6 Å². The number of halogens is 6. The third kappa shape index (κ3) is 5.11. The van der Waals surface area contributed by atoms with E-state index in [1.807, 2.05) is 0 Å². The van der Waals surface area contributed by atoms with Crippen molar-refractivity contribution in [2.45, 2.75) is 6.18 Å². The van der Waals surface area contributed by atoms with Gasteiger partial charge in [0.15, 0.2) is 17.4 Å². The number of methoxy groups -OCH3 is 2. The number of nitrogens with zero attached hydrogens (tertiary/aromatic N) is 1. The van der Waals surface area contributed by atoms with E-state index in [1.165, 1.54) is 0 Å². The van der Waals surface area contributed by atoms with Crippen LogP contribution >= 0.6 is 0 Å². The molecular weight excluding hydrogens is 500 g/mol. The second-order valence-corrected chi connectivity index (χ2v) is 6.88. The molecule has 2 aromatic carbocycles. The van der Waals surface area contributed by atoms with Crippen LogP contribution in [0, 0.1) is 17.5 Å². The zero-order valence-corrected chi connectivity index (χ0v) is 18.3. The van der Waals surface area contributed by atoms with Crippen molar-refractivity contribution in [2.24, 2.45) is 5.73 Å². The summed E-state index contributed by atoms with van der Waals surface area (Å²) in [6.45, 7) is 0. The number of pyridine rings is 1. The highest BCUT2D eigenvalue weighted by Gasteiger charge is 2.41. The average molecular weight is 515 g/mol. The molecule has 0 aliphatic heterocycles. The first kappa shape index (κ1) is 26.1. The van der Waals surface area contributed by atoms with Crippen molar-refractivity contribution < 1.29 is 50.1 Å². The van der Waals surface area contributed by atoms with Gasteiger partial charge >= 0.3 is 6.18 Å². The van der Waals surface area contributed by atoms with Crippen LogP contribution in [0.2, 0.25) is 0 Å². The van der Waals surface area contributed by atoms with Crippen molar-refractivity contribution in [3.8, 4) is 23.0 Å². The summed E-state index contributed by atoms with van der Waals surface area (Å²) in [6.07, 6.45) is -4.35. The van der Waals surface area contributed by atoms with E-state index in [1.54, 1.807) is 0 Å². The fourth-order valence-corrected chi connectivity index (χ4v) is 3.03. The zero-order valence-electron chi connectivity index (χ0n) is 18.3. The Labute approximate surface area is 198 Å². The van der Waals surface area contributed by atoms with Gasteiger partial charge in [-0.25, -0.2) is 13.8 Å². The average Bonchev–Trinajstić information content (AvgIpc) is 2.80. The van der Waals surface area contributed by atoms with Gasteiger partial charge in [0, 0.05) is 6.07 Å². The molecule has 1 aromatic heterocycles. The quantitative estimate of drug-likeness (QED) is 0.442. The molecule has 0 unspecified atom stereocenters. The van der Waals surface area contributed by atoms with Crippen LogP contribution in [-0.4, -0.2) is 31.0 Å². The third-order valence-corrected chi connectivity index (χ3v) is 4.64. The molecule has 36 heavy (non-hydrogen) atoms. The fraction of sp³-hybridized carbons (Fsp3) is 0.136. The first-order chi connectivity index (χ1) is 16.9. The lowest BCUT2D eigenvalue weighted by Crippen LogP contribution is -2.20. The van der Waals surface area contributed by atoms with Crippen LogP contribution in [0.25, 0.3) is 0 Å². The maximum atomic E-state index is 15.2. The number of ether oxygens (including phenoxy) is 3. The first-order valence-corrected chi connectivity index (χ1v) is 9.63. The Morgan fingerprint density at radius 3 is 2.17 bits per heavy atom. The van der Waals surface area contributed by atoms with Gasteiger partial charge in [-0.2, -0.15) is 17.6 Å². The normalized spacial score (nSPS) is 11.1. The molecule has 0 bridgehead atoms. The lowest BCUT2D eigenvalue weighted by atomic mass is 10.0. The molecule has 3 aromatic rings. The molecule has 8 nitrogen and oxygen atoms in total. The Balaban J connectivity index is 2.17. The summed E-state index contributed by atoms with van der Waals surface area (Å²) >= 11 is 0. The Morgan fingerprint density at radius 2 is 1.64 bits per heavy atom. The predicted octanol–water partition coefficient (Wildman–Crippen LogP) is 4.68. The van der Waals surface area contributed by atoms with Crippen molar-refractivity contribution in [1.82, 2.24) is 4.98 Å². The molecule has 0 radical (unpaired) electrons. The summed E-state index contributed by atoms with van der Waals surface area (Å²) in [5, 5.41) is 2.11. The number of benzene rings is 2. The highest BCUT2D eigenvalue weighted by molar-refractivity contribution is 6.07. The van der Waals surface area contributed by atoms with Crippen LogP contribution < -0.4 is 25.3 Å². The zero-order chi connectivity index (χ0) is 26.8. The number of primary amides is 1. The third-order valence-electron chi connectivity index (χ3n) is 4.64. The minimum atomic E-state index is -5.30. The van der Waals surface area contributed by atoms with E-state index in [0.29, 0.717) is 12.1 Å². The summed E-state index contributed by atoms with van der Waals surface area (Å²) < 4.78 is 98.4. The number of nitrogens with two attached hydrogens (primary N) is 1. The molecule has 0 aliphatic carbocycles. The van der Waals surface area contributed by atoms with Crippen molar-refractivity contribution in [1.29, 1.82) is 0 Å². The lowest BCUT2D eigenvalue weighted by Gasteiger charge is -2.19. The molecule has 0 saturated heterocycles. The number of anilines is 1. The number of nitrogens with one attached hydrogen (secondary N) is 1. The number of amides is 2. The van der Waals surface area contributed by atoms with Crippen LogP contribution in [0.15, 0.2) is 36.5 Å². The van der Waals surface area contributed by atoms with Crippen LogP contribution in [-0.2, 0) is 6.18 Å². The molecule has 0 spiro atoms. The number of hydrogen-bond acceptors (Lipinski definition) is 6. The number of aromatic nitrogens is 1. The van der Waals surface area contributed by atoms with E-state index >= 15 is 4.39 Å². The highest BCUT2D eigenvalue weighted by atomic mass is 19.4. The predicted molar refractivity (Wildman–Crippen MR) is 112 cm³/mol. The van der Waals surface area contributed by atoms with Crippen LogP contribution in [0.1, 0.15) is 26.4 Å². The Hall–Kier alpha value is -4.49. The molecule has 3 N–H and O–H groups in total. The van der Waals surface area contributed by atoms with Crippen LogP contribution in [0.3, 0.4) is 0 Å². The summed E-state index contributed by atoms with van der Waals surface area (Å²) in [7, 11) is 1.77. The number of carbonyl (C=O) groups excluding carboxylic acids is 2. The molecule has 2 amide bonds. The van der Waals surface area contributed by atoms with Gasteiger partial charge in [0.2, 0.25) is 11.6 Å². The molecule has 0 saturated carbocycles. The molecular formula is C22H15F6N3O5. The number of hydrogen-bond donors (Lipinski definition) is 2. The Bertz CT molecular complexity index is 1330. The van der Waals surface area contributed by atoms with Crippen molar-refractivity contribution >= 4 is 17.5 Å². The molecule has 3 rings (SSSR count). The van der Waals surface area contributed by atoms with Gasteiger partial charge in [-0.3, -0.25) is 9.59 Å². The standard InChI is InChI=1S/C22H15F6N3O5/c1-34-14-7-13(36-12-6-4-10(23)17(24)19(12)35-2)15(18(25)16(14)22(26,27)28)21(33)31-9-3-5-11(20(29)32)30-8-9/h3-8H,1-2H3,(H2,29,32)(H,31,33). The van der Waals surface area contributed by atoms with Gasteiger partial charge in [-0.05, 0) is 24.3 Å². The van der Waals surface area contributed by atoms with E-state index in [4.69, 9.17) is 15.2 Å². The SMILES string of the molecule is COc1cc(Oc2ccc(F)c(F)c2OC)c(C(=O)Nc2ccc(C(N)=O)nc2)c(F)c1C(F)(F)F. The summed E-state index contributed by atoms with van der Waals surface area (Å²) in [5.41, 5.74) is 1.56. The summed E-state index contributed by atoms with van der Waals surface area (Å²) in [5.74, 6) is -10.5. The second kappa shape index (κ2) is 10.0. The second-order valence-electron chi connectivity index (χ2n) is 6.88. The first-order valence-electron chi connectivity index (χ1n) is 9.63. The molecule has 14 heteroatoms. The fourth-order valence-electron chi connectivity index (χ4n) is 3.03. The van der Waals surface area contributed by atoms with Gasteiger partial charge in [0.25, 0.3) is 11.8 Å². The van der Waals surface area contributed by atoms with Crippen LogP contribution in [0.5, 0.6) is 23.0 Å². The molecule has 0 aliphatic rings. The summed E-state index contributed by atoms with van der Waals surface area (Å²) in [6, 6.07) is 4.27. The van der Waals surface area contributed by atoms with Crippen LogP contribution in [0.4, 0.5) is 32.0 Å². The maximum absolute atomic E-state index is 15.2. The highest BCUT2D eigenvalue weighted by Crippen LogP contribution is 2.45. The smallest absolute Gasteiger partial charge is 0.422 e. The van der Waals surface area contributed by atoms with Gasteiger partial charge in [-0.1, -0.05) is 0 Å². The van der Waals surface area contributed by atoms with Crippen molar-refractivity contribution in [3.05, 3.63) is 70.8 Å². The summed E-state index contributed by atoms with van der Waals surface area (Å²) in [4.78, 5) is 27.7. The van der Waals surface area contributed by atoms with Gasteiger partial charge in [-0.15, -0.1) is 0 Å². The maximum Gasteiger partial charge on any atom is 0.422 e. The monoisotopic (exact) mass is 515 g/mol. The lowest BCUT2D eigenvalue weighted by molar-refractivity contribution is -0.141. The largest absolute Gasteiger partial charge is 0.496 e. The molecule has 1 heterocycles. The van der Waals surface area contributed by atoms with Gasteiger partial charge < -0.3 is 25.3 Å². The van der Waals surface area contributed by atoms with E-state index in [2.05, 4.69) is 15.0 Å². The molecule has 0 atom stereocenters. The van der Waals surface area contributed by atoms with Crippen molar-refractivity contribution in [3.63, 3.8) is 0 Å². The molecule has 0 fully saturated rings. The molecule has 190 valence electrons. The minimum absolute atomic E-state index is 0.148. The van der Waals surface area contributed by atoms with E-state index in [0.717, 1.165) is 38.6 Å². The van der Waals surface area contributed by atoms with E-state index in [-0.39, 0.29) is 11.4 Å². The van der Waals surface area contributed by atoms with Gasteiger partial charge in [0.05, 0.1) is 26.1 Å². The van der Waals surface area contributed by atoms with Gasteiger partial charge in [0.1, 0.15) is 28.3 Å². The number of alkyl halides is 3.